The van der Waals surface area contributed by atoms with Crippen LogP contribution in [0.5, 0.6) is 0 Å². The van der Waals surface area contributed by atoms with E-state index in [4.69, 9.17) is 10.5 Å². The molecule has 106 valence electrons. The van der Waals surface area contributed by atoms with Gasteiger partial charge in [-0.25, -0.2) is 0 Å². The number of nitrogens with two attached hydrogens (primary N) is 1. The summed E-state index contributed by atoms with van der Waals surface area (Å²) in [6, 6.07) is 8.86. The van der Waals surface area contributed by atoms with E-state index < -0.39 is 0 Å². The molecule has 1 aromatic carbocycles. The summed E-state index contributed by atoms with van der Waals surface area (Å²) in [5.41, 5.74) is 8.67. The van der Waals surface area contributed by atoms with Crippen LogP contribution in [0.25, 0.3) is 0 Å². The molecule has 1 fully saturated rings. The van der Waals surface area contributed by atoms with Crippen LogP contribution in [0.2, 0.25) is 0 Å². The molecule has 1 heterocycles. The molecular formula is C16H26N2O. The molecule has 0 amide bonds. The van der Waals surface area contributed by atoms with E-state index in [1.807, 2.05) is 0 Å². The fraction of sp³-hybridized carbons (Fsp3) is 0.625. The Kier molecular flexibility index (Phi) is 5.23. The Labute approximate surface area is 116 Å². The summed E-state index contributed by atoms with van der Waals surface area (Å²) >= 11 is 0. The summed E-state index contributed by atoms with van der Waals surface area (Å²) in [6.45, 7) is 7.13. The van der Waals surface area contributed by atoms with Crippen molar-refractivity contribution in [1.29, 1.82) is 0 Å². The molecule has 0 spiro atoms. The monoisotopic (exact) mass is 262 g/mol. The van der Waals surface area contributed by atoms with Crippen LogP contribution >= 0.6 is 0 Å². The number of hydrogen-bond acceptors (Lipinski definition) is 3. The van der Waals surface area contributed by atoms with Crippen LogP contribution in [-0.2, 0) is 11.2 Å². The summed E-state index contributed by atoms with van der Waals surface area (Å²) < 4.78 is 5.72. The molecule has 0 radical (unpaired) electrons. The van der Waals surface area contributed by atoms with Crippen LogP contribution in [0, 0.1) is 0 Å². The topological polar surface area (TPSA) is 38.5 Å². The minimum atomic E-state index is 0.210. The van der Waals surface area contributed by atoms with Crippen LogP contribution in [-0.4, -0.2) is 31.8 Å². The zero-order chi connectivity index (χ0) is 13.7. The number of benzene rings is 1. The van der Waals surface area contributed by atoms with Gasteiger partial charge in [0.1, 0.15) is 0 Å². The van der Waals surface area contributed by atoms with Gasteiger partial charge in [-0.15, -0.1) is 0 Å². The van der Waals surface area contributed by atoms with Crippen molar-refractivity contribution < 1.29 is 4.74 Å². The first-order valence-corrected chi connectivity index (χ1v) is 7.40. The van der Waals surface area contributed by atoms with Gasteiger partial charge in [-0.2, -0.15) is 0 Å². The molecule has 2 rings (SSSR count). The normalized spacial score (nSPS) is 18.6. The van der Waals surface area contributed by atoms with E-state index in [9.17, 15) is 0 Å². The molecule has 1 unspecified atom stereocenters. The molecule has 3 heteroatoms. The second-order valence-corrected chi connectivity index (χ2v) is 5.45. The molecule has 0 bridgehead atoms. The van der Waals surface area contributed by atoms with Crippen molar-refractivity contribution in [3.8, 4) is 0 Å². The van der Waals surface area contributed by atoms with Crippen molar-refractivity contribution in [1.82, 2.24) is 0 Å². The zero-order valence-electron chi connectivity index (χ0n) is 12.1. The molecule has 3 nitrogen and oxygen atoms in total. The van der Waals surface area contributed by atoms with Gasteiger partial charge in [0.2, 0.25) is 0 Å². The van der Waals surface area contributed by atoms with E-state index in [2.05, 4.69) is 43.0 Å². The predicted molar refractivity (Wildman–Crippen MR) is 80.7 cm³/mol. The lowest BCUT2D eigenvalue weighted by Gasteiger charge is -2.34. The van der Waals surface area contributed by atoms with Crippen molar-refractivity contribution in [2.75, 3.05) is 24.6 Å². The van der Waals surface area contributed by atoms with Gasteiger partial charge in [0.25, 0.3) is 0 Å². The van der Waals surface area contributed by atoms with Gasteiger partial charge >= 0.3 is 0 Å². The smallest absolute Gasteiger partial charge is 0.0608 e. The van der Waals surface area contributed by atoms with E-state index in [0.717, 1.165) is 39.0 Å². The Bertz CT molecular complexity index is 384. The minimum absolute atomic E-state index is 0.210. The first-order chi connectivity index (χ1) is 9.20. The van der Waals surface area contributed by atoms with Gasteiger partial charge in [-0.3, -0.25) is 0 Å². The number of ether oxygens (including phenoxy) is 1. The lowest BCUT2D eigenvalue weighted by atomic mass is 10.0. The lowest BCUT2D eigenvalue weighted by molar-refractivity contribution is 0.0459. The maximum Gasteiger partial charge on any atom is 0.0608 e. The summed E-state index contributed by atoms with van der Waals surface area (Å²) in [7, 11) is 0. The zero-order valence-corrected chi connectivity index (χ0v) is 12.1. The molecule has 1 aromatic rings. The summed E-state index contributed by atoms with van der Waals surface area (Å²) in [5, 5.41) is 0. The number of hydrogen-bond donors (Lipinski definition) is 1. The van der Waals surface area contributed by atoms with Gasteiger partial charge in [0, 0.05) is 31.4 Å². The van der Waals surface area contributed by atoms with Gasteiger partial charge in [0.15, 0.2) is 0 Å². The molecule has 1 atom stereocenters. The van der Waals surface area contributed by atoms with E-state index in [0.29, 0.717) is 6.10 Å². The number of anilines is 1. The molecule has 1 aliphatic heterocycles. The van der Waals surface area contributed by atoms with Crippen LogP contribution in [0.15, 0.2) is 24.3 Å². The third kappa shape index (κ3) is 3.95. The molecule has 1 saturated heterocycles. The first kappa shape index (κ1) is 14.4. The van der Waals surface area contributed by atoms with Crippen molar-refractivity contribution in [2.45, 2.75) is 45.3 Å². The maximum atomic E-state index is 5.95. The highest BCUT2D eigenvalue weighted by atomic mass is 16.5. The Morgan fingerprint density at radius 3 is 2.63 bits per heavy atom. The predicted octanol–water partition coefficient (Wildman–Crippen LogP) is 2.58. The van der Waals surface area contributed by atoms with Crippen LogP contribution < -0.4 is 10.6 Å². The lowest BCUT2D eigenvalue weighted by Crippen LogP contribution is -2.37. The van der Waals surface area contributed by atoms with Gasteiger partial charge < -0.3 is 15.4 Å². The number of piperidine rings is 1. The highest BCUT2D eigenvalue weighted by molar-refractivity contribution is 5.54. The maximum absolute atomic E-state index is 5.95. The number of nitrogens with zero attached hydrogens (tertiary/aromatic N) is 1. The Balaban J connectivity index is 2.02. The van der Waals surface area contributed by atoms with Crippen LogP contribution in [0.3, 0.4) is 0 Å². The molecular weight excluding hydrogens is 236 g/mol. The molecule has 0 saturated carbocycles. The third-order valence-electron chi connectivity index (χ3n) is 3.72. The van der Waals surface area contributed by atoms with Gasteiger partial charge in [-0.1, -0.05) is 18.2 Å². The van der Waals surface area contributed by atoms with Crippen molar-refractivity contribution >= 4 is 5.69 Å². The molecule has 19 heavy (non-hydrogen) atoms. The second-order valence-electron chi connectivity index (χ2n) is 5.45. The van der Waals surface area contributed by atoms with Crippen LogP contribution in [0.1, 0.15) is 32.3 Å². The SMILES string of the molecule is CCOC1CCN(c2ccccc2CC(C)N)CC1. The molecule has 0 aliphatic carbocycles. The van der Waals surface area contributed by atoms with Crippen molar-refractivity contribution in [3.05, 3.63) is 29.8 Å². The van der Waals surface area contributed by atoms with E-state index in [1.165, 1.54) is 11.3 Å². The fourth-order valence-electron chi connectivity index (χ4n) is 2.84. The first-order valence-electron chi connectivity index (χ1n) is 7.40. The summed E-state index contributed by atoms with van der Waals surface area (Å²) in [4.78, 5) is 2.48. The molecule has 2 N–H and O–H groups in total. The standard InChI is InChI=1S/C16H26N2O/c1-3-19-15-8-10-18(11-9-15)16-7-5-4-6-14(16)12-13(2)17/h4-7,13,15H,3,8-12,17H2,1-2H3. The summed E-state index contributed by atoms with van der Waals surface area (Å²) in [6.07, 6.45) is 3.64. The average molecular weight is 262 g/mol. The average Bonchev–Trinajstić information content (AvgIpc) is 2.40. The number of rotatable bonds is 5. The highest BCUT2D eigenvalue weighted by Gasteiger charge is 2.21. The quantitative estimate of drug-likeness (QED) is 0.886. The third-order valence-corrected chi connectivity index (χ3v) is 3.72. The van der Waals surface area contributed by atoms with E-state index in [-0.39, 0.29) is 6.04 Å². The summed E-state index contributed by atoms with van der Waals surface area (Å²) in [5.74, 6) is 0. The van der Waals surface area contributed by atoms with E-state index in [1.54, 1.807) is 0 Å². The Morgan fingerprint density at radius 2 is 2.00 bits per heavy atom. The fourth-order valence-corrected chi connectivity index (χ4v) is 2.84. The molecule has 1 aliphatic rings. The molecule has 0 aromatic heterocycles. The second kappa shape index (κ2) is 6.92. The Hall–Kier alpha value is -1.06. The van der Waals surface area contributed by atoms with Gasteiger partial charge in [0.05, 0.1) is 6.10 Å². The Morgan fingerprint density at radius 1 is 1.32 bits per heavy atom. The van der Waals surface area contributed by atoms with Gasteiger partial charge in [-0.05, 0) is 44.7 Å². The van der Waals surface area contributed by atoms with Crippen LogP contribution in [0.4, 0.5) is 5.69 Å². The number of para-hydroxylation sites is 1. The van der Waals surface area contributed by atoms with Crippen molar-refractivity contribution in [2.24, 2.45) is 5.73 Å². The van der Waals surface area contributed by atoms with Crippen molar-refractivity contribution in [3.63, 3.8) is 0 Å². The van der Waals surface area contributed by atoms with E-state index >= 15 is 0 Å². The minimum Gasteiger partial charge on any atom is -0.378 e. The highest BCUT2D eigenvalue weighted by Crippen LogP contribution is 2.25. The largest absolute Gasteiger partial charge is 0.378 e.